The molecule has 0 atom stereocenters. The topological polar surface area (TPSA) is 23.8 Å². The summed E-state index contributed by atoms with van der Waals surface area (Å²) in [5.74, 6) is 6.01. The van der Waals surface area contributed by atoms with E-state index in [1.54, 1.807) is 0 Å². The molecule has 0 spiro atoms. The quantitative estimate of drug-likeness (QED) is 0.426. The molecule has 0 aromatic heterocycles. The van der Waals surface area contributed by atoms with E-state index in [1.165, 1.54) is 16.2 Å². The smallest absolute Gasteiger partial charge is 0.0966 e. The van der Waals surface area contributed by atoms with Gasteiger partial charge in [-0.3, -0.25) is 0 Å². The predicted octanol–water partition coefficient (Wildman–Crippen LogP) is 4.26. The van der Waals surface area contributed by atoms with Crippen LogP contribution >= 0.6 is 0 Å². The Morgan fingerprint density at radius 2 is 1.53 bits per heavy atom. The van der Waals surface area contributed by atoms with Crippen LogP contribution in [-0.2, 0) is 0 Å². The van der Waals surface area contributed by atoms with Crippen LogP contribution in [0, 0.1) is 23.2 Å². The van der Waals surface area contributed by atoms with Crippen LogP contribution in [0.1, 0.15) is 12.0 Å². The highest BCUT2D eigenvalue weighted by atomic mass is 14.2. The molecule has 0 aliphatic carbocycles. The van der Waals surface area contributed by atoms with Crippen LogP contribution in [0.2, 0.25) is 0 Å². The largest absolute Gasteiger partial charge is 0.197 e. The van der Waals surface area contributed by atoms with Crippen molar-refractivity contribution in [1.29, 1.82) is 5.26 Å². The zero-order chi connectivity index (χ0) is 13.1. The van der Waals surface area contributed by atoms with Gasteiger partial charge in [0.2, 0.25) is 0 Å². The molecule has 88 valence electrons. The summed E-state index contributed by atoms with van der Waals surface area (Å²) in [4.78, 5) is 0. The second-order valence-electron chi connectivity index (χ2n) is 4.33. The molecule has 0 heterocycles. The molecule has 3 aromatic carbocycles. The molecule has 1 nitrogen and oxygen atoms in total. The first-order chi connectivity index (χ1) is 9.40. The Bertz CT molecular complexity index is 857. The summed E-state index contributed by atoms with van der Waals surface area (Å²) in [5, 5.41) is 13.4. The van der Waals surface area contributed by atoms with Crippen molar-refractivity contribution in [3.8, 4) is 17.9 Å². The fraction of sp³-hybridized carbons (Fsp3) is 0.0556. The third-order valence-corrected chi connectivity index (χ3v) is 3.16. The molecule has 0 N–H and O–H groups in total. The summed E-state index contributed by atoms with van der Waals surface area (Å²) >= 11 is 0. The van der Waals surface area contributed by atoms with Crippen LogP contribution in [0.15, 0.2) is 54.6 Å². The van der Waals surface area contributed by atoms with E-state index in [0.29, 0.717) is 0 Å². The van der Waals surface area contributed by atoms with E-state index in [0.717, 1.165) is 10.9 Å². The van der Waals surface area contributed by atoms with Crippen molar-refractivity contribution in [3.05, 3.63) is 60.2 Å². The van der Waals surface area contributed by atoms with Gasteiger partial charge in [-0.25, -0.2) is 0 Å². The highest BCUT2D eigenvalue weighted by Crippen LogP contribution is 2.28. The summed E-state index contributed by atoms with van der Waals surface area (Å²) in [6.45, 7) is 0. The molecular formula is C18H11N. The van der Waals surface area contributed by atoms with E-state index in [9.17, 15) is 0 Å². The number of rotatable bonds is 0. The molecule has 0 aliphatic heterocycles. The van der Waals surface area contributed by atoms with Crippen molar-refractivity contribution >= 4 is 21.5 Å². The lowest BCUT2D eigenvalue weighted by Gasteiger charge is -2.06. The summed E-state index contributed by atoms with van der Waals surface area (Å²) in [7, 11) is 0. The second kappa shape index (κ2) is 4.84. The summed E-state index contributed by atoms with van der Waals surface area (Å²) in [6, 6.07) is 20.7. The molecule has 0 fully saturated rings. The Kier molecular flexibility index (Phi) is 2.89. The van der Waals surface area contributed by atoms with Gasteiger partial charge in [-0.2, -0.15) is 5.26 Å². The molecule has 19 heavy (non-hydrogen) atoms. The lowest BCUT2D eigenvalue weighted by Crippen LogP contribution is -1.83. The maximum atomic E-state index is 8.58. The fourth-order valence-electron chi connectivity index (χ4n) is 2.34. The molecule has 0 saturated carbocycles. The Morgan fingerprint density at radius 1 is 0.842 bits per heavy atom. The van der Waals surface area contributed by atoms with Crippen molar-refractivity contribution in [2.75, 3.05) is 0 Å². The molecule has 3 aromatic rings. The van der Waals surface area contributed by atoms with Crippen molar-refractivity contribution in [2.24, 2.45) is 0 Å². The van der Waals surface area contributed by atoms with Crippen LogP contribution in [0.3, 0.4) is 0 Å². The average Bonchev–Trinajstić information content (AvgIpc) is 2.47. The first-order valence-corrected chi connectivity index (χ1v) is 6.16. The molecule has 0 unspecified atom stereocenters. The molecule has 0 radical (unpaired) electrons. The van der Waals surface area contributed by atoms with Gasteiger partial charge >= 0.3 is 0 Å². The molecule has 3 rings (SSSR count). The van der Waals surface area contributed by atoms with Crippen molar-refractivity contribution in [1.82, 2.24) is 0 Å². The SMILES string of the molecule is N#CCC#Cc1cc2ccccc2c2ccccc12. The van der Waals surface area contributed by atoms with E-state index in [1.807, 2.05) is 24.3 Å². The number of fused-ring (bicyclic) bond motifs is 3. The van der Waals surface area contributed by atoms with E-state index in [4.69, 9.17) is 5.26 Å². The number of nitriles is 1. The number of hydrogen-bond donors (Lipinski definition) is 0. The first kappa shape index (κ1) is 11.3. The van der Waals surface area contributed by atoms with Gasteiger partial charge < -0.3 is 0 Å². The van der Waals surface area contributed by atoms with E-state index < -0.39 is 0 Å². The Morgan fingerprint density at radius 3 is 2.32 bits per heavy atom. The van der Waals surface area contributed by atoms with E-state index in [-0.39, 0.29) is 6.42 Å². The van der Waals surface area contributed by atoms with Crippen molar-refractivity contribution < 1.29 is 0 Å². The van der Waals surface area contributed by atoms with Gasteiger partial charge in [-0.1, -0.05) is 60.4 Å². The van der Waals surface area contributed by atoms with Crippen LogP contribution in [0.5, 0.6) is 0 Å². The normalized spacial score (nSPS) is 9.84. The Labute approximate surface area is 112 Å². The molecule has 0 bridgehead atoms. The van der Waals surface area contributed by atoms with Gasteiger partial charge in [0.25, 0.3) is 0 Å². The number of hydrogen-bond acceptors (Lipinski definition) is 1. The highest BCUT2D eigenvalue weighted by molar-refractivity contribution is 6.09. The van der Waals surface area contributed by atoms with Gasteiger partial charge in [-0.05, 0) is 27.6 Å². The van der Waals surface area contributed by atoms with Crippen LogP contribution in [0.4, 0.5) is 0 Å². The van der Waals surface area contributed by atoms with Gasteiger partial charge in [0.1, 0.15) is 0 Å². The van der Waals surface area contributed by atoms with E-state index >= 15 is 0 Å². The second-order valence-corrected chi connectivity index (χ2v) is 4.33. The van der Waals surface area contributed by atoms with Crippen LogP contribution in [0.25, 0.3) is 21.5 Å². The average molecular weight is 241 g/mol. The molecule has 0 saturated heterocycles. The third kappa shape index (κ3) is 2.03. The van der Waals surface area contributed by atoms with Crippen LogP contribution < -0.4 is 0 Å². The van der Waals surface area contributed by atoms with Crippen molar-refractivity contribution in [2.45, 2.75) is 6.42 Å². The fourth-order valence-corrected chi connectivity index (χ4v) is 2.34. The lowest BCUT2D eigenvalue weighted by atomic mass is 9.97. The summed E-state index contributed by atoms with van der Waals surface area (Å²) in [5.41, 5.74) is 0.990. The monoisotopic (exact) mass is 241 g/mol. The van der Waals surface area contributed by atoms with Gasteiger partial charge in [-0.15, -0.1) is 0 Å². The molecular weight excluding hydrogens is 230 g/mol. The van der Waals surface area contributed by atoms with Gasteiger partial charge in [0.05, 0.1) is 12.5 Å². The Hall–Kier alpha value is -2.77. The standard InChI is InChI=1S/C18H11N/c19-12-6-5-8-15-13-14-7-1-2-9-16(14)18-11-4-3-10-17(15)18/h1-4,7,9-11,13H,6H2. The summed E-state index contributed by atoms with van der Waals surface area (Å²) < 4.78 is 0. The molecule has 1 heteroatoms. The van der Waals surface area contributed by atoms with Crippen molar-refractivity contribution in [3.63, 3.8) is 0 Å². The maximum absolute atomic E-state index is 8.58. The predicted molar refractivity (Wildman–Crippen MR) is 78.6 cm³/mol. The number of nitrogens with zero attached hydrogens (tertiary/aromatic N) is 1. The number of benzene rings is 3. The lowest BCUT2D eigenvalue weighted by molar-refractivity contribution is 1.40. The minimum Gasteiger partial charge on any atom is -0.197 e. The summed E-state index contributed by atoms with van der Waals surface area (Å²) in [6.07, 6.45) is 0.265. The zero-order valence-electron chi connectivity index (χ0n) is 10.4. The zero-order valence-corrected chi connectivity index (χ0v) is 10.4. The van der Waals surface area contributed by atoms with E-state index in [2.05, 4.69) is 48.2 Å². The maximum Gasteiger partial charge on any atom is 0.0966 e. The third-order valence-electron chi connectivity index (χ3n) is 3.16. The molecule has 0 aliphatic rings. The molecule has 0 amide bonds. The van der Waals surface area contributed by atoms with Crippen LogP contribution in [-0.4, -0.2) is 0 Å². The minimum absolute atomic E-state index is 0.265. The van der Waals surface area contributed by atoms with Gasteiger partial charge in [0, 0.05) is 5.56 Å². The van der Waals surface area contributed by atoms with Gasteiger partial charge in [0.15, 0.2) is 0 Å². The highest BCUT2D eigenvalue weighted by Gasteiger charge is 2.03. The first-order valence-electron chi connectivity index (χ1n) is 6.16. The Balaban J connectivity index is 2.37. The minimum atomic E-state index is 0.265.